The molecule has 8 aromatic carbocycles. The molecule has 3 aromatic heterocycles. The minimum Gasteiger partial charge on any atom is -0.454 e. The van der Waals surface area contributed by atoms with Crippen molar-refractivity contribution in [3.8, 4) is 51.0 Å². The van der Waals surface area contributed by atoms with E-state index in [1.165, 1.54) is 27.1 Å². The van der Waals surface area contributed by atoms with Gasteiger partial charge in [0.2, 0.25) is 0 Å². The number of rotatable bonds is 5. The Hall–Kier alpha value is -7.37. The summed E-state index contributed by atoms with van der Waals surface area (Å²) >= 11 is 0. The Kier molecular flexibility index (Phi) is 6.79. The van der Waals surface area contributed by atoms with E-state index >= 15 is 0 Å². The number of nitrogens with zero attached hydrogens (tertiary/aromatic N) is 4. The molecule has 11 rings (SSSR count). The molecule has 0 fully saturated rings. The quantitative estimate of drug-likeness (QED) is 0.180. The minimum absolute atomic E-state index is 0.584. The van der Waals surface area contributed by atoms with Gasteiger partial charge in [-0.05, 0) is 46.8 Å². The van der Waals surface area contributed by atoms with Gasteiger partial charge in [0.05, 0.1) is 16.7 Å². The molecule has 0 amide bonds. The van der Waals surface area contributed by atoms with Gasteiger partial charge in [0, 0.05) is 43.6 Å². The summed E-state index contributed by atoms with van der Waals surface area (Å²) < 4.78 is 9.25. The van der Waals surface area contributed by atoms with E-state index in [1.54, 1.807) is 0 Å². The van der Waals surface area contributed by atoms with E-state index in [-0.39, 0.29) is 0 Å². The highest BCUT2D eigenvalue weighted by atomic mass is 16.3. The predicted octanol–water partition coefficient (Wildman–Crippen LogP) is 12.7. The van der Waals surface area contributed by atoms with Crippen LogP contribution in [0.3, 0.4) is 0 Å². The summed E-state index contributed by atoms with van der Waals surface area (Å²) in [5, 5.41) is 6.93. The highest BCUT2D eigenvalue weighted by molar-refractivity contribution is 6.19. The Morgan fingerprint density at radius 1 is 0.370 bits per heavy atom. The average molecular weight is 691 g/mol. The molecule has 0 bridgehead atoms. The molecule has 0 aliphatic rings. The minimum atomic E-state index is 0.584. The van der Waals surface area contributed by atoms with Crippen molar-refractivity contribution >= 4 is 54.5 Å². The van der Waals surface area contributed by atoms with Crippen molar-refractivity contribution in [1.29, 1.82) is 0 Å². The van der Waals surface area contributed by atoms with Crippen LogP contribution in [0.2, 0.25) is 0 Å². The van der Waals surface area contributed by atoms with Crippen LogP contribution in [0.25, 0.3) is 105 Å². The lowest BCUT2D eigenvalue weighted by atomic mass is 10.0. The summed E-state index contributed by atoms with van der Waals surface area (Å²) in [6, 6.07) is 63.2. The topological polar surface area (TPSA) is 56.7 Å². The fraction of sp³-hybridized carbons (Fsp3) is 0. The molecule has 0 saturated carbocycles. The SMILES string of the molecule is c1ccc(-c2cccc(-c3nc(-c4ccccc4)nc(-c4ccc5c(c4)oc4c(-n6c7ccccc7c7ccc8ccccc8c76)cccc45)n3)c2)cc1. The number of para-hydroxylation sites is 2. The van der Waals surface area contributed by atoms with Crippen LogP contribution < -0.4 is 0 Å². The van der Waals surface area contributed by atoms with Crippen LogP contribution in [-0.4, -0.2) is 19.5 Å². The van der Waals surface area contributed by atoms with Crippen LogP contribution in [0.15, 0.2) is 186 Å². The first-order valence-corrected chi connectivity index (χ1v) is 18.1. The van der Waals surface area contributed by atoms with Crippen molar-refractivity contribution in [2.24, 2.45) is 0 Å². The smallest absolute Gasteiger partial charge is 0.164 e. The number of hydrogen-bond donors (Lipinski definition) is 0. The number of hydrogen-bond acceptors (Lipinski definition) is 4. The summed E-state index contributed by atoms with van der Waals surface area (Å²) in [7, 11) is 0. The van der Waals surface area contributed by atoms with Gasteiger partial charge in [0.1, 0.15) is 5.58 Å². The maximum absolute atomic E-state index is 6.88. The third-order valence-electron chi connectivity index (χ3n) is 10.4. The Morgan fingerprint density at radius 3 is 1.78 bits per heavy atom. The Balaban J connectivity index is 1.10. The van der Waals surface area contributed by atoms with Crippen molar-refractivity contribution in [3.05, 3.63) is 182 Å². The highest BCUT2D eigenvalue weighted by Gasteiger charge is 2.20. The molecular formula is C49H30N4O. The Labute approximate surface area is 310 Å². The van der Waals surface area contributed by atoms with E-state index in [4.69, 9.17) is 19.4 Å². The molecule has 0 saturated heterocycles. The largest absolute Gasteiger partial charge is 0.454 e. The van der Waals surface area contributed by atoms with Crippen molar-refractivity contribution in [2.45, 2.75) is 0 Å². The van der Waals surface area contributed by atoms with Crippen molar-refractivity contribution in [3.63, 3.8) is 0 Å². The predicted molar refractivity (Wildman–Crippen MR) is 221 cm³/mol. The third kappa shape index (κ3) is 4.83. The van der Waals surface area contributed by atoms with Crippen LogP contribution in [0.4, 0.5) is 0 Å². The normalized spacial score (nSPS) is 11.7. The zero-order valence-electron chi connectivity index (χ0n) is 29.0. The van der Waals surface area contributed by atoms with Gasteiger partial charge in [-0.25, -0.2) is 15.0 Å². The zero-order valence-corrected chi connectivity index (χ0v) is 29.0. The molecule has 54 heavy (non-hydrogen) atoms. The molecule has 5 heteroatoms. The standard InChI is InChI=1S/C49H30N4O/c1-3-13-31(14-4-1)34-18-11-19-35(29-34)48-50-47(33-16-5-2-6-17-33)51-49(52-48)36-26-27-39-41-22-12-24-43(46(41)54-44(39)30-36)53-42-23-10-9-21-38(42)40-28-25-32-15-7-8-20-37(32)45(40)53/h1-30H. The van der Waals surface area contributed by atoms with Crippen LogP contribution in [0.5, 0.6) is 0 Å². The second-order valence-corrected chi connectivity index (χ2v) is 13.6. The average Bonchev–Trinajstić information content (AvgIpc) is 3.80. The molecule has 0 unspecified atom stereocenters. The lowest BCUT2D eigenvalue weighted by Crippen LogP contribution is -2.00. The Morgan fingerprint density at radius 2 is 0.963 bits per heavy atom. The first-order chi connectivity index (χ1) is 26.8. The summed E-state index contributed by atoms with van der Waals surface area (Å²) in [6.07, 6.45) is 0. The molecule has 0 N–H and O–H groups in total. The monoisotopic (exact) mass is 690 g/mol. The van der Waals surface area contributed by atoms with E-state index in [0.717, 1.165) is 61.0 Å². The van der Waals surface area contributed by atoms with E-state index in [9.17, 15) is 0 Å². The van der Waals surface area contributed by atoms with Gasteiger partial charge < -0.3 is 8.98 Å². The van der Waals surface area contributed by atoms with Gasteiger partial charge in [0.15, 0.2) is 23.1 Å². The summed E-state index contributed by atoms with van der Waals surface area (Å²) in [5.74, 6) is 1.81. The van der Waals surface area contributed by atoms with Crippen LogP contribution in [0.1, 0.15) is 0 Å². The Bertz CT molecular complexity index is 3220. The summed E-state index contributed by atoms with van der Waals surface area (Å²) in [4.78, 5) is 15.1. The third-order valence-corrected chi connectivity index (χ3v) is 10.4. The molecule has 5 nitrogen and oxygen atoms in total. The lowest BCUT2D eigenvalue weighted by molar-refractivity contribution is 0.666. The molecule has 252 valence electrons. The first-order valence-electron chi connectivity index (χ1n) is 18.1. The zero-order chi connectivity index (χ0) is 35.6. The second-order valence-electron chi connectivity index (χ2n) is 13.6. The lowest BCUT2D eigenvalue weighted by Gasteiger charge is -2.10. The van der Waals surface area contributed by atoms with Crippen LogP contribution in [-0.2, 0) is 0 Å². The van der Waals surface area contributed by atoms with Crippen LogP contribution in [0, 0.1) is 0 Å². The van der Waals surface area contributed by atoms with Crippen LogP contribution >= 0.6 is 0 Å². The van der Waals surface area contributed by atoms with E-state index in [0.29, 0.717) is 17.5 Å². The molecule has 0 spiro atoms. The first kappa shape index (κ1) is 30.3. The van der Waals surface area contributed by atoms with Gasteiger partial charge in [-0.15, -0.1) is 0 Å². The molecule has 0 atom stereocenters. The molecular weight excluding hydrogens is 661 g/mol. The van der Waals surface area contributed by atoms with E-state index in [1.807, 2.05) is 36.4 Å². The summed E-state index contributed by atoms with van der Waals surface area (Å²) in [5.41, 5.74) is 9.86. The molecule has 0 radical (unpaired) electrons. The van der Waals surface area contributed by atoms with Gasteiger partial charge in [-0.2, -0.15) is 0 Å². The van der Waals surface area contributed by atoms with E-state index < -0.39 is 0 Å². The molecule has 11 aromatic rings. The molecule has 3 heterocycles. The van der Waals surface area contributed by atoms with Gasteiger partial charge >= 0.3 is 0 Å². The number of fused-ring (bicyclic) bond motifs is 8. The molecule has 0 aliphatic heterocycles. The van der Waals surface area contributed by atoms with E-state index in [2.05, 4.69) is 150 Å². The fourth-order valence-corrected chi connectivity index (χ4v) is 7.90. The number of aromatic nitrogens is 4. The maximum Gasteiger partial charge on any atom is 0.164 e. The van der Waals surface area contributed by atoms with Gasteiger partial charge in [0.25, 0.3) is 0 Å². The number of benzene rings is 8. The fourth-order valence-electron chi connectivity index (χ4n) is 7.90. The van der Waals surface area contributed by atoms with Crippen molar-refractivity contribution in [2.75, 3.05) is 0 Å². The number of furan rings is 1. The highest BCUT2D eigenvalue weighted by Crippen LogP contribution is 2.41. The maximum atomic E-state index is 6.88. The molecule has 0 aliphatic carbocycles. The van der Waals surface area contributed by atoms with Crippen molar-refractivity contribution in [1.82, 2.24) is 19.5 Å². The van der Waals surface area contributed by atoms with Gasteiger partial charge in [-0.3, -0.25) is 0 Å². The van der Waals surface area contributed by atoms with Crippen molar-refractivity contribution < 1.29 is 4.42 Å². The second kappa shape index (κ2) is 12.1. The summed E-state index contributed by atoms with van der Waals surface area (Å²) in [6.45, 7) is 0. The van der Waals surface area contributed by atoms with Gasteiger partial charge in [-0.1, -0.05) is 152 Å².